The van der Waals surface area contributed by atoms with E-state index in [9.17, 15) is 0 Å². The topological polar surface area (TPSA) is 4.93 Å². The number of hydrogen-bond acceptors (Lipinski definition) is 0. The zero-order chi connectivity index (χ0) is 25.1. The molecular formula is C37H25N. The molecule has 0 amide bonds. The minimum atomic E-state index is 0.993. The third-order valence-corrected chi connectivity index (χ3v) is 8.01. The summed E-state index contributed by atoms with van der Waals surface area (Å²) >= 11 is 0. The van der Waals surface area contributed by atoms with Crippen molar-refractivity contribution in [3.63, 3.8) is 0 Å². The Kier molecular flexibility index (Phi) is 4.65. The van der Waals surface area contributed by atoms with Gasteiger partial charge in [0.15, 0.2) is 0 Å². The first-order valence-electron chi connectivity index (χ1n) is 13.2. The van der Waals surface area contributed by atoms with Gasteiger partial charge in [-0.3, -0.25) is 0 Å². The molecule has 0 spiro atoms. The summed E-state index contributed by atoms with van der Waals surface area (Å²) < 4.78 is 2.44. The van der Waals surface area contributed by atoms with Gasteiger partial charge < -0.3 is 4.57 Å². The molecule has 8 rings (SSSR count). The number of benzene rings is 6. The van der Waals surface area contributed by atoms with E-state index in [1.807, 2.05) is 0 Å². The van der Waals surface area contributed by atoms with E-state index in [1.54, 1.807) is 0 Å². The SMILES string of the molecule is c1ccc(-c2ccc3c(c2)c2cc(-c4ccccc4)ccc2n3-c2ccc3c(c2)Cc2ccccc2-3)cc1. The van der Waals surface area contributed by atoms with Crippen LogP contribution in [-0.4, -0.2) is 4.57 Å². The van der Waals surface area contributed by atoms with Crippen LogP contribution in [0.4, 0.5) is 0 Å². The van der Waals surface area contributed by atoms with Crippen molar-refractivity contribution in [2.75, 3.05) is 0 Å². The Hall–Kier alpha value is -4.88. The van der Waals surface area contributed by atoms with Crippen molar-refractivity contribution >= 4 is 21.8 Å². The van der Waals surface area contributed by atoms with Gasteiger partial charge in [-0.15, -0.1) is 0 Å². The van der Waals surface area contributed by atoms with Gasteiger partial charge >= 0.3 is 0 Å². The van der Waals surface area contributed by atoms with Crippen LogP contribution in [0, 0.1) is 0 Å². The lowest BCUT2D eigenvalue weighted by Crippen LogP contribution is -1.95. The second-order valence-electron chi connectivity index (χ2n) is 10.2. The van der Waals surface area contributed by atoms with Crippen molar-refractivity contribution < 1.29 is 0 Å². The third kappa shape index (κ3) is 3.26. The molecule has 0 N–H and O–H groups in total. The smallest absolute Gasteiger partial charge is 0.0541 e. The van der Waals surface area contributed by atoms with Crippen LogP contribution in [-0.2, 0) is 6.42 Å². The summed E-state index contributed by atoms with van der Waals surface area (Å²) in [5.74, 6) is 0. The summed E-state index contributed by atoms with van der Waals surface area (Å²) in [6.45, 7) is 0. The summed E-state index contributed by atoms with van der Waals surface area (Å²) in [5.41, 5.74) is 14.2. The van der Waals surface area contributed by atoms with Crippen LogP contribution >= 0.6 is 0 Å². The highest BCUT2D eigenvalue weighted by atomic mass is 15.0. The normalized spacial score (nSPS) is 12.1. The first-order chi connectivity index (χ1) is 18.8. The monoisotopic (exact) mass is 483 g/mol. The zero-order valence-corrected chi connectivity index (χ0v) is 20.9. The Morgan fingerprint density at radius 3 is 1.58 bits per heavy atom. The molecule has 1 aromatic heterocycles. The van der Waals surface area contributed by atoms with Crippen LogP contribution in [0.5, 0.6) is 0 Å². The van der Waals surface area contributed by atoms with Crippen LogP contribution < -0.4 is 0 Å². The Bertz CT molecular complexity index is 1880. The molecule has 38 heavy (non-hydrogen) atoms. The van der Waals surface area contributed by atoms with E-state index < -0.39 is 0 Å². The van der Waals surface area contributed by atoms with E-state index in [0.29, 0.717) is 0 Å². The molecule has 1 heteroatoms. The van der Waals surface area contributed by atoms with Crippen molar-refractivity contribution in [2.24, 2.45) is 0 Å². The Labute approximate surface area is 222 Å². The molecule has 7 aromatic rings. The molecular weight excluding hydrogens is 458 g/mol. The average molecular weight is 484 g/mol. The van der Waals surface area contributed by atoms with E-state index in [4.69, 9.17) is 0 Å². The summed E-state index contributed by atoms with van der Waals surface area (Å²) in [6, 6.07) is 51.0. The fourth-order valence-corrected chi connectivity index (χ4v) is 6.19. The maximum Gasteiger partial charge on any atom is 0.0541 e. The zero-order valence-electron chi connectivity index (χ0n) is 20.9. The van der Waals surface area contributed by atoms with E-state index in [-0.39, 0.29) is 0 Å². The van der Waals surface area contributed by atoms with E-state index in [2.05, 4.69) is 144 Å². The molecule has 1 aliphatic rings. The molecule has 0 radical (unpaired) electrons. The third-order valence-electron chi connectivity index (χ3n) is 8.01. The van der Waals surface area contributed by atoms with Crippen molar-refractivity contribution in [1.82, 2.24) is 4.57 Å². The highest BCUT2D eigenvalue weighted by molar-refractivity contribution is 6.11. The molecule has 0 atom stereocenters. The number of fused-ring (bicyclic) bond motifs is 6. The van der Waals surface area contributed by atoms with Gasteiger partial charge in [0.1, 0.15) is 0 Å². The van der Waals surface area contributed by atoms with Crippen LogP contribution in [0.15, 0.2) is 140 Å². The molecule has 0 unspecified atom stereocenters. The molecule has 0 aliphatic heterocycles. The molecule has 0 saturated carbocycles. The van der Waals surface area contributed by atoms with Gasteiger partial charge in [0.25, 0.3) is 0 Å². The summed E-state index contributed by atoms with van der Waals surface area (Å²) in [5, 5.41) is 2.56. The van der Waals surface area contributed by atoms with Crippen molar-refractivity contribution in [3.8, 4) is 39.1 Å². The second-order valence-corrected chi connectivity index (χ2v) is 10.2. The molecule has 1 heterocycles. The van der Waals surface area contributed by atoms with Gasteiger partial charge in [-0.1, -0.05) is 103 Å². The van der Waals surface area contributed by atoms with E-state index in [0.717, 1.165) is 6.42 Å². The highest BCUT2D eigenvalue weighted by Crippen LogP contribution is 2.40. The highest BCUT2D eigenvalue weighted by Gasteiger charge is 2.20. The van der Waals surface area contributed by atoms with Crippen molar-refractivity contribution in [2.45, 2.75) is 6.42 Å². The predicted molar refractivity (Wildman–Crippen MR) is 160 cm³/mol. The predicted octanol–water partition coefficient (Wildman–Crippen LogP) is 9.69. The van der Waals surface area contributed by atoms with Gasteiger partial charge in [-0.25, -0.2) is 0 Å². The molecule has 1 aliphatic carbocycles. The first kappa shape index (κ1) is 21.2. The summed E-state index contributed by atoms with van der Waals surface area (Å²) in [7, 11) is 0. The molecule has 6 aromatic carbocycles. The largest absolute Gasteiger partial charge is 0.309 e. The summed E-state index contributed by atoms with van der Waals surface area (Å²) in [4.78, 5) is 0. The fourth-order valence-electron chi connectivity index (χ4n) is 6.19. The van der Waals surface area contributed by atoms with Gasteiger partial charge in [0.2, 0.25) is 0 Å². The molecule has 0 bridgehead atoms. The van der Waals surface area contributed by atoms with E-state index in [1.165, 1.54) is 72.0 Å². The summed E-state index contributed by atoms with van der Waals surface area (Å²) in [6.07, 6.45) is 0.993. The second kappa shape index (κ2) is 8.33. The van der Waals surface area contributed by atoms with Crippen LogP contribution in [0.3, 0.4) is 0 Å². The molecule has 178 valence electrons. The Morgan fingerprint density at radius 1 is 0.395 bits per heavy atom. The maximum absolute atomic E-state index is 2.44. The fraction of sp³-hybridized carbons (Fsp3) is 0.0270. The van der Waals surface area contributed by atoms with Crippen molar-refractivity contribution in [3.05, 3.63) is 151 Å². The lowest BCUT2D eigenvalue weighted by atomic mass is 10.0. The van der Waals surface area contributed by atoms with Gasteiger partial charge in [-0.2, -0.15) is 0 Å². The van der Waals surface area contributed by atoms with E-state index >= 15 is 0 Å². The first-order valence-corrected chi connectivity index (χ1v) is 13.2. The van der Waals surface area contributed by atoms with Crippen LogP contribution in [0.1, 0.15) is 11.1 Å². The minimum absolute atomic E-state index is 0.993. The number of aromatic nitrogens is 1. The quantitative estimate of drug-likeness (QED) is 0.236. The average Bonchev–Trinajstić information content (AvgIpc) is 3.52. The molecule has 1 nitrogen and oxygen atoms in total. The minimum Gasteiger partial charge on any atom is -0.309 e. The Morgan fingerprint density at radius 2 is 0.947 bits per heavy atom. The van der Waals surface area contributed by atoms with Gasteiger partial charge in [0.05, 0.1) is 11.0 Å². The lowest BCUT2D eigenvalue weighted by Gasteiger charge is -2.11. The number of hydrogen-bond donors (Lipinski definition) is 0. The Balaban J connectivity index is 1.37. The van der Waals surface area contributed by atoms with Crippen molar-refractivity contribution in [1.29, 1.82) is 0 Å². The molecule has 0 saturated heterocycles. The lowest BCUT2D eigenvalue weighted by molar-refractivity contribution is 1.16. The van der Waals surface area contributed by atoms with Gasteiger partial charge in [0, 0.05) is 16.5 Å². The molecule has 0 fully saturated rings. The van der Waals surface area contributed by atoms with Crippen LogP contribution in [0.2, 0.25) is 0 Å². The maximum atomic E-state index is 2.44. The standard InChI is InChI=1S/C37H25N/c1-3-9-25(10-4-1)27-15-19-36-34(23-27)35-24-28(26-11-5-2-6-12-26)16-20-37(35)38(36)31-17-18-33-30(22-31)21-29-13-7-8-14-32(29)33/h1-20,22-24H,21H2. The number of rotatable bonds is 3. The van der Waals surface area contributed by atoms with Gasteiger partial charge in [-0.05, 0) is 87.3 Å². The van der Waals surface area contributed by atoms with Crippen LogP contribution in [0.25, 0.3) is 60.9 Å². The number of nitrogens with zero attached hydrogens (tertiary/aromatic N) is 1.